The maximum Gasteiger partial charge on any atom is 0.224 e. The molecule has 1 aliphatic heterocycles. The predicted molar refractivity (Wildman–Crippen MR) is 86.0 cm³/mol. The van der Waals surface area contributed by atoms with Crippen molar-refractivity contribution < 1.29 is 14.3 Å². The fourth-order valence-corrected chi connectivity index (χ4v) is 2.58. The van der Waals surface area contributed by atoms with E-state index in [1.807, 2.05) is 25.1 Å². The maximum absolute atomic E-state index is 12.2. The molecule has 0 aromatic heterocycles. The minimum Gasteiger partial charge on any atom is -0.491 e. The second-order valence-corrected chi connectivity index (χ2v) is 5.71. The lowest BCUT2D eigenvalue weighted by Crippen LogP contribution is -2.40. The molecule has 0 aliphatic carbocycles. The standard InChI is InChI=1S/C17H26N2O3/c1-13-5-6-14(16(10-13)22-9-8-21-2)12-19-17(20)15-4-3-7-18-11-15/h5-6,10,15,18H,3-4,7-9,11-12H2,1-2H3,(H,19,20). The highest BCUT2D eigenvalue weighted by atomic mass is 16.5. The molecule has 0 saturated carbocycles. The van der Waals surface area contributed by atoms with Crippen LogP contribution >= 0.6 is 0 Å². The van der Waals surface area contributed by atoms with Crippen LogP contribution in [-0.4, -0.2) is 39.3 Å². The Morgan fingerprint density at radius 1 is 1.41 bits per heavy atom. The fourth-order valence-electron chi connectivity index (χ4n) is 2.58. The minimum atomic E-state index is 0.0806. The van der Waals surface area contributed by atoms with E-state index in [9.17, 15) is 4.79 Å². The molecule has 1 heterocycles. The zero-order valence-corrected chi connectivity index (χ0v) is 13.5. The van der Waals surface area contributed by atoms with Crippen LogP contribution in [0.1, 0.15) is 24.0 Å². The number of benzene rings is 1. The maximum atomic E-state index is 12.2. The fraction of sp³-hybridized carbons (Fsp3) is 0.588. The second-order valence-electron chi connectivity index (χ2n) is 5.71. The van der Waals surface area contributed by atoms with Gasteiger partial charge >= 0.3 is 0 Å². The van der Waals surface area contributed by atoms with Gasteiger partial charge in [-0.25, -0.2) is 0 Å². The van der Waals surface area contributed by atoms with Crippen LogP contribution in [0.3, 0.4) is 0 Å². The molecule has 1 unspecified atom stereocenters. The zero-order valence-electron chi connectivity index (χ0n) is 13.5. The first kappa shape index (κ1) is 16.8. The first-order valence-corrected chi connectivity index (χ1v) is 7.90. The number of carbonyl (C=O) groups is 1. The van der Waals surface area contributed by atoms with E-state index in [1.165, 1.54) is 0 Å². The summed E-state index contributed by atoms with van der Waals surface area (Å²) in [6.45, 7) is 5.37. The van der Waals surface area contributed by atoms with Crippen LogP contribution in [0.4, 0.5) is 0 Å². The minimum absolute atomic E-state index is 0.0806. The Labute approximate surface area is 132 Å². The Kier molecular flexibility index (Phi) is 6.68. The third-order valence-electron chi connectivity index (χ3n) is 3.89. The van der Waals surface area contributed by atoms with Crippen LogP contribution in [-0.2, 0) is 16.1 Å². The van der Waals surface area contributed by atoms with E-state index < -0.39 is 0 Å². The summed E-state index contributed by atoms with van der Waals surface area (Å²) < 4.78 is 10.8. The van der Waals surface area contributed by atoms with E-state index >= 15 is 0 Å². The molecule has 2 N–H and O–H groups in total. The largest absolute Gasteiger partial charge is 0.491 e. The number of piperidine rings is 1. The summed E-state index contributed by atoms with van der Waals surface area (Å²) in [5.41, 5.74) is 2.14. The lowest BCUT2D eigenvalue weighted by Gasteiger charge is -2.22. The molecule has 1 aromatic rings. The van der Waals surface area contributed by atoms with Gasteiger partial charge < -0.3 is 20.1 Å². The highest BCUT2D eigenvalue weighted by Gasteiger charge is 2.20. The second kappa shape index (κ2) is 8.76. The molecule has 5 nitrogen and oxygen atoms in total. The Bertz CT molecular complexity index is 485. The molecule has 1 amide bonds. The third-order valence-corrected chi connectivity index (χ3v) is 3.89. The topological polar surface area (TPSA) is 59.6 Å². The molecule has 5 heteroatoms. The molecule has 0 radical (unpaired) electrons. The molecule has 0 bridgehead atoms. The van der Waals surface area contributed by atoms with Crippen molar-refractivity contribution in [3.05, 3.63) is 29.3 Å². The van der Waals surface area contributed by atoms with Crippen LogP contribution in [0, 0.1) is 12.8 Å². The van der Waals surface area contributed by atoms with Gasteiger partial charge in [-0.3, -0.25) is 4.79 Å². The van der Waals surface area contributed by atoms with Crippen molar-refractivity contribution in [2.24, 2.45) is 5.92 Å². The van der Waals surface area contributed by atoms with Gasteiger partial charge in [0, 0.05) is 25.8 Å². The van der Waals surface area contributed by atoms with E-state index in [-0.39, 0.29) is 11.8 Å². The number of nitrogens with one attached hydrogen (secondary N) is 2. The van der Waals surface area contributed by atoms with Gasteiger partial charge in [0.2, 0.25) is 5.91 Å². The van der Waals surface area contributed by atoms with Gasteiger partial charge in [0.15, 0.2) is 0 Å². The first-order valence-electron chi connectivity index (χ1n) is 7.90. The summed E-state index contributed by atoms with van der Waals surface area (Å²) in [7, 11) is 1.65. The van der Waals surface area contributed by atoms with Crippen LogP contribution in [0.5, 0.6) is 5.75 Å². The predicted octanol–water partition coefficient (Wildman–Crippen LogP) is 1.64. The smallest absolute Gasteiger partial charge is 0.224 e. The Hall–Kier alpha value is -1.59. The molecule has 1 aliphatic rings. The quantitative estimate of drug-likeness (QED) is 0.752. The molecular weight excluding hydrogens is 280 g/mol. The average Bonchev–Trinajstić information content (AvgIpc) is 2.55. The summed E-state index contributed by atoms with van der Waals surface area (Å²) in [5.74, 6) is 1.02. The number of hydrogen-bond acceptors (Lipinski definition) is 4. The number of methoxy groups -OCH3 is 1. The van der Waals surface area contributed by atoms with E-state index in [0.717, 1.165) is 42.8 Å². The number of hydrogen-bond donors (Lipinski definition) is 2. The monoisotopic (exact) mass is 306 g/mol. The van der Waals surface area contributed by atoms with Gasteiger partial charge in [0.25, 0.3) is 0 Å². The van der Waals surface area contributed by atoms with E-state index in [2.05, 4.69) is 10.6 Å². The van der Waals surface area contributed by atoms with E-state index in [0.29, 0.717) is 19.8 Å². The summed E-state index contributed by atoms with van der Waals surface area (Å²) in [6, 6.07) is 6.04. The van der Waals surface area contributed by atoms with Gasteiger partial charge in [-0.2, -0.15) is 0 Å². The normalized spacial score (nSPS) is 18.0. The summed E-state index contributed by atoms with van der Waals surface area (Å²) >= 11 is 0. The molecule has 122 valence electrons. The molecule has 22 heavy (non-hydrogen) atoms. The summed E-state index contributed by atoms with van der Waals surface area (Å²) in [4.78, 5) is 12.2. The highest BCUT2D eigenvalue weighted by molar-refractivity contribution is 5.79. The van der Waals surface area contributed by atoms with Crippen LogP contribution in [0.2, 0.25) is 0 Å². The Morgan fingerprint density at radius 2 is 2.27 bits per heavy atom. The van der Waals surface area contributed by atoms with Crippen LogP contribution < -0.4 is 15.4 Å². The number of aryl methyl sites for hydroxylation is 1. The Morgan fingerprint density at radius 3 is 3.00 bits per heavy atom. The Balaban J connectivity index is 1.91. The lowest BCUT2D eigenvalue weighted by molar-refractivity contribution is -0.125. The molecule has 1 aromatic carbocycles. The van der Waals surface area contributed by atoms with Crippen molar-refractivity contribution in [3.63, 3.8) is 0 Å². The summed E-state index contributed by atoms with van der Waals surface area (Å²) in [5, 5.41) is 6.30. The molecule has 2 rings (SSSR count). The molecule has 0 spiro atoms. The van der Waals surface area contributed by atoms with Crippen molar-refractivity contribution in [2.45, 2.75) is 26.3 Å². The zero-order chi connectivity index (χ0) is 15.8. The summed E-state index contributed by atoms with van der Waals surface area (Å²) in [6.07, 6.45) is 2.03. The molecular formula is C17H26N2O3. The lowest BCUT2D eigenvalue weighted by atomic mass is 9.99. The number of carbonyl (C=O) groups excluding carboxylic acids is 1. The van der Waals surface area contributed by atoms with Gasteiger partial charge in [0.05, 0.1) is 12.5 Å². The van der Waals surface area contributed by atoms with Crippen LogP contribution in [0.25, 0.3) is 0 Å². The van der Waals surface area contributed by atoms with Crippen molar-refractivity contribution in [3.8, 4) is 5.75 Å². The number of amides is 1. The molecule has 1 fully saturated rings. The average molecular weight is 306 g/mol. The van der Waals surface area contributed by atoms with Crippen molar-refractivity contribution in [2.75, 3.05) is 33.4 Å². The van der Waals surface area contributed by atoms with Crippen molar-refractivity contribution >= 4 is 5.91 Å². The SMILES string of the molecule is COCCOc1cc(C)ccc1CNC(=O)C1CCCNC1. The molecule has 1 saturated heterocycles. The van der Waals surface area contributed by atoms with Gasteiger partial charge in [0.1, 0.15) is 12.4 Å². The first-order chi connectivity index (χ1) is 10.7. The van der Waals surface area contributed by atoms with Gasteiger partial charge in [-0.1, -0.05) is 12.1 Å². The van der Waals surface area contributed by atoms with E-state index in [4.69, 9.17) is 9.47 Å². The van der Waals surface area contributed by atoms with Crippen LogP contribution in [0.15, 0.2) is 18.2 Å². The van der Waals surface area contributed by atoms with Crippen molar-refractivity contribution in [1.29, 1.82) is 0 Å². The van der Waals surface area contributed by atoms with Gasteiger partial charge in [-0.15, -0.1) is 0 Å². The highest BCUT2D eigenvalue weighted by Crippen LogP contribution is 2.20. The van der Waals surface area contributed by atoms with Crippen molar-refractivity contribution in [1.82, 2.24) is 10.6 Å². The van der Waals surface area contributed by atoms with E-state index in [1.54, 1.807) is 7.11 Å². The number of rotatable bonds is 7. The van der Waals surface area contributed by atoms with Gasteiger partial charge in [-0.05, 0) is 37.9 Å². The number of ether oxygens (including phenoxy) is 2. The third kappa shape index (κ3) is 5.00. The molecule has 1 atom stereocenters.